The number of hydrogen-bond donors (Lipinski definition) is 0. The van der Waals surface area contributed by atoms with Crippen molar-refractivity contribution in [1.29, 1.82) is 0 Å². The van der Waals surface area contributed by atoms with Gasteiger partial charge in [0.15, 0.2) is 0 Å². The third kappa shape index (κ3) is 12.5. The molecular weight excluding hydrogens is 436 g/mol. The van der Waals surface area contributed by atoms with Gasteiger partial charge in [0.2, 0.25) is 0 Å². The molecule has 0 amide bonds. The average molecular weight is 481 g/mol. The second-order valence-electron chi connectivity index (χ2n) is 9.29. The van der Waals surface area contributed by atoms with Crippen LogP contribution in [0.5, 0.6) is 17.2 Å². The molecule has 4 nitrogen and oxygen atoms in total. The highest BCUT2D eigenvalue weighted by Crippen LogP contribution is 2.20. The molecule has 0 aliphatic carbocycles. The number of rotatable bonds is 18. The van der Waals surface area contributed by atoms with Gasteiger partial charge >= 0.3 is 5.97 Å². The van der Waals surface area contributed by atoms with Crippen molar-refractivity contribution in [3.8, 4) is 17.2 Å². The quantitative estimate of drug-likeness (QED) is 0.0923. The van der Waals surface area contributed by atoms with Crippen LogP contribution in [0, 0.1) is 5.92 Å². The lowest BCUT2D eigenvalue weighted by Crippen LogP contribution is -2.08. The molecule has 2 rings (SSSR count). The Balaban J connectivity index is 1.66. The third-order valence-corrected chi connectivity index (χ3v) is 6.21. The van der Waals surface area contributed by atoms with Gasteiger partial charge in [-0.3, -0.25) is 0 Å². The zero-order valence-corrected chi connectivity index (χ0v) is 22.0. The molecule has 0 radical (unpaired) electrons. The maximum atomic E-state index is 12.5. The van der Waals surface area contributed by atoms with E-state index in [2.05, 4.69) is 26.8 Å². The van der Waals surface area contributed by atoms with Crippen LogP contribution in [0.4, 0.5) is 0 Å². The van der Waals surface area contributed by atoms with E-state index in [0.717, 1.165) is 24.5 Å². The Morgan fingerprint density at radius 1 is 0.800 bits per heavy atom. The summed E-state index contributed by atoms with van der Waals surface area (Å²) < 4.78 is 16.9. The van der Waals surface area contributed by atoms with Gasteiger partial charge in [0.1, 0.15) is 17.2 Å². The summed E-state index contributed by atoms with van der Waals surface area (Å²) in [5.41, 5.74) is 0.494. The van der Waals surface area contributed by atoms with Gasteiger partial charge in [-0.25, -0.2) is 4.79 Å². The lowest BCUT2D eigenvalue weighted by atomic mass is 10.0. The molecule has 0 aliphatic heterocycles. The first kappa shape index (κ1) is 28.5. The van der Waals surface area contributed by atoms with Gasteiger partial charge in [0.05, 0.1) is 18.4 Å². The molecule has 0 bridgehead atoms. The summed E-state index contributed by atoms with van der Waals surface area (Å²) in [4.78, 5) is 12.5. The SMILES string of the molecule is CCCCCCCC=COc1ccc(OC(=O)c2ccc(OCCCCCC(C)CC)cc2)cc1. The van der Waals surface area contributed by atoms with E-state index in [1.165, 1.54) is 57.8 Å². The number of hydrogen-bond acceptors (Lipinski definition) is 4. The minimum Gasteiger partial charge on any atom is -0.494 e. The number of carbonyl (C=O) groups is 1. The minimum atomic E-state index is -0.391. The molecular formula is C31H44O4. The molecule has 0 aliphatic rings. The molecule has 0 saturated heterocycles. The van der Waals surface area contributed by atoms with Gasteiger partial charge in [-0.1, -0.05) is 72.1 Å². The van der Waals surface area contributed by atoms with Crippen molar-refractivity contribution in [3.63, 3.8) is 0 Å². The molecule has 4 heteroatoms. The number of benzene rings is 2. The second kappa shape index (κ2) is 17.7. The fourth-order valence-electron chi connectivity index (χ4n) is 3.67. The van der Waals surface area contributed by atoms with E-state index >= 15 is 0 Å². The predicted octanol–water partition coefficient (Wildman–Crippen LogP) is 9.14. The summed E-state index contributed by atoms with van der Waals surface area (Å²) in [6, 6.07) is 14.2. The van der Waals surface area contributed by atoms with Crippen molar-refractivity contribution < 1.29 is 19.0 Å². The van der Waals surface area contributed by atoms with E-state index in [9.17, 15) is 4.79 Å². The van der Waals surface area contributed by atoms with Crippen molar-refractivity contribution in [2.75, 3.05) is 6.61 Å². The van der Waals surface area contributed by atoms with Crippen LogP contribution in [0.3, 0.4) is 0 Å². The van der Waals surface area contributed by atoms with Gasteiger partial charge in [-0.15, -0.1) is 0 Å². The number of esters is 1. The molecule has 0 spiro atoms. The van der Waals surface area contributed by atoms with E-state index in [0.29, 0.717) is 23.7 Å². The van der Waals surface area contributed by atoms with Crippen molar-refractivity contribution in [2.45, 2.75) is 91.4 Å². The standard InChI is InChI=1S/C31H44O4/c1-4-6-7-8-9-10-13-24-34-29-20-22-30(23-21-29)35-31(32)27-16-18-28(19-17-27)33-25-14-11-12-15-26(3)5-2/h13,16-24,26H,4-12,14-15,25H2,1-3H3. The fourth-order valence-corrected chi connectivity index (χ4v) is 3.67. The molecule has 2 aromatic carbocycles. The normalized spacial score (nSPS) is 12.0. The fraction of sp³-hybridized carbons (Fsp3) is 0.516. The molecule has 1 atom stereocenters. The largest absolute Gasteiger partial charge is 0.494 e. The van der Waals surface area contributed by atoms with Crippen LogP contribution in [0.15, 0.2) is 60.9 Å². The van der Waals surface area contributed by atoms with Crippen molar-refractivity contribution >= 4 is 5.97 Å². The molecule has 2 aromatic rings. The van der Waals surface area contributed by atoms with Gasteiger partial charge in [0, 0.05) is 0 Å². The van der Waals surface area contributed by atoms with E-state index in [1.54, 1.807) is 42.7 Å². The third-order valence-electron chi connectivity index (χ3n) is 6.21. The van der Waals surface area contributed by atoms with Crippen LogP contribution in [-0.2, 0) is 0 Å². The topological polar surface area (TPSA) is 44.8 Å². The molecule has 0 fully saturated rings. The first-order chi connectivity index (χ1) is 17.1. The van der Waals surface area contributed by atoms with E-state index in [4.69, 9.17) is 14.2 Å². The number of unbranched alkanes of at least 4 members (excludes halogenated alkanes) is 7. The number of carbonyl (C=O) groups excluding carboxylic acids is 1. The second-order valence-corrected chi connectivity index (χ2v) is 9.29. The van der Waals surface area contributed by atoms with Crippen molar-refractivity contribution in [3.05, 3.63) is 66.4 Å². The van der Waals surface area contributed by atoms with Crippen LogP contribution in [-0.4, -0.2) is 12.6 Å². The molecule has 192 valence electrons. The van der Waals surface area contributed by atoms with Gasteiger partial charge in [0.25, 0.3) is 0 Å². The Kier molecular flexibility index (Phi) is 14.4. The van der Waals surface area contributed by atoms with Crippen LogP contribution in [0.2, 0.25) is 0 Å². The Morgan fingerprint density at radius 3 is 2.17 bits per heavy atom. The molecule has 0 saturated carbocycles. The molecule has 0 heterocycles. The Labute approximate surface area is 212 Å². The predicted molar refractivity (Wildman–Crippen MR) is 144 cm³/mol. The molecule has 35 heavy (non-hydrogen) atoms. The van der Waals surface area contributed by atoms with Crippen LogP contribution in [0.25, 0.3) is 0 Å². The first-order valence-corrected chi connectivity index (χ1v) is 13.5. The Bertz CT molecular complexity index is 839. The number of allylic oxidation sites excluding steroid dienone is 1. The lowest BCUT2D eigenvalue weighted by Gasteiger charge is -2.09. The van der Waals surface area contributed by atoms with Crippen LogP contribution in [0.1, 0.15) is 102 Å². The highest BCUT2D eigenvalue weighted by Gasteiger charge is 2.09. The summed E-state index contributed by atoms with van der Waals surface area (Å²) in [6.45, 7) is 7.48. The van der Waals surface area contributed by atoms with Gasteiger partial charge < -0.3 is 14.2 Å². The van der Waals surface area contributed by atoms with Crippen LogP contribution >= 0.6 is 0 Å². The summed E-state index contributed by atoms with van der Waals surface area (Å²) >= 11 is 0. The first-order valence-electron chi connectivity index (χ1n) is 13.5. The Hall–Kier alpha value is -2.75. The van der Waals surface area contributed by atoms with Crippen LogP contribution < -0.4 is 14.2 Å². The molecule has 1 unspecified atom stereocenters. The monoisotopic (exact) mass is 480 g/mol. The van der Waals surface area contributed by atoms with Gasteiger partial charge in [-0.2, -0.15) is 0 Å². The maximum absolute atomic E-state index is 12.5. The van der Waals surface area contributed by atoms with Gasteiger partial charge in [-0.05, 0) is 79.8 Å². The summed E-state index contributed by atoms with van der Waals surface area (Å²) in [6.07, 6.45) is 17.2. The maximum Gasteiger partial charge on any atom is 0.343 e. The zero-order valence-electron chi connectivity index (χ0n) is 22.0. The smallest absolute Gasteiger partial charge is 0.343 e. The molecule has 0 N–H and O–H groups in total. The minimum absolute atomic E-state index is 0.391. The highest BCUT2D eigenvalue weighted by molar-refractivity contribution is 5.91. The summed E-state index contributed by atoms with van der Waals surface area (Å²) in [5, 5.41) is 0. The number of ether oxygens (including phenoxy) is 3. The highest BCUT2D eigenvalue weighted by atomic mass is 16.5. The average Bonchev–Trinajstić information content (AvgIpc) is 2.88. The molecule has 0 aromatic heterocycles. The van der Waals surface area contributed by atoms with E-state index in [-0.39, 0.29) is 0 Å². The Morgan fingerprint density at radius 2 is 1.46 bits per heavy atom. The van der Waals surface area contributed by atoms with E-state index < -0.39 is 5.97 Å². The summed E-state index contributed by atoms with van der Waals surface area (Å²) in [7, 11) is 0. The summed E-state index contributed by atoms with van der Waals surface area (Å²) in [5.74, 6) is 2.40. The van der Waals surface area contributed by atoms with Crippen molar-refractivity contribution in [2.24, 2.45) is 5.92 Å². The zero-order chi connectivity index (χ0) is 25.1. The van der Waals surface area contributed by atoms with E-state index in [1.807, 2.05) is 12.1 Å². The lowest BCUT2D eigenvalue weighted by molar-refractivity contribution is 0.0734. The van der Waals surface area contributed by atoms with Crippen molar-refractivity contribution in [1.82, 2.24) is 0 Å².